The molecular weight excluding hydrogens is 270 g/mol. The predicted molar refractivity (Wildman–Crippen MR) is 78.6 cm³/mol. The highest BCUT2D eigenvalue weighted by molar-refractivity contribution is 7.98. The molecule has 0 aliphatic rings. The van der Waals surface area contributed by atoms with Crippen molar-refractivity contribution < 1.29 is 4.74 Å². The van der Waals surface area contributed by atoms with Crippen LogP contribution in [0.15, 0.2) is 6.07 Å². The van der Waals surface area contributed by atoms with Gasteiger partial charge in [0.1, 0.15) is 17.6 Å². The molecule has 1 rings (SSSR count). The second-order valence-corrected chi connectivity index (χ2v) is 5.51. The monoisotopic (exact) mass is 289 g/mol. The van der Waals surface area contributed by atoms with Crippen LogP contribution in [0.5, 0.6) is 0 Å². The number of hydrogen-bond acceptors (Lipinski definition) is 5. The number of aromatic nitrogens is 2. The van der Waals surface area contributed by atoms with Gasteiger partial charge in [0.25, 0.3) is 0 Å². The van der Waals surface area contributed by atoms with Gasteiger partial charge in [0, 0.05) is 26.3 Å². The molecule has 1 unspecified atom stereocenters. The smallest absolute Gasteiger partial charge is 0.158 e. The Hall–Kier alpha value is -0.520. The number of rotatable bonds is 7. The molecule has 0 fully saturated rings. The molecule has 0 saturated heterocycles. The zero-order valence-corrected chi connectivity index (χ0v) is 12.9. The molecule has 1 aromatic heterocycles. The van der Waals surface area contributed by atoms with Crippen LogP contribution >= 0.6 is 23.4 Å². The molecule has 0 aromatic carbocycles. The summed E-state index contributed by atoms with van der Waals surface area (Å²) >= 11 is 7.85. The molecule has 0 amide bonds. The maximum absolute atomic E-state index is 6.00. The van der Waals surface area contributed by atoms with Gasteiger partial charge in [0.2, 0.25) is 0 Å². The molecule has 0 radical (unpaired) electrons. The van der Waals surface area contributed by atoms with E-state index in [4.69, 9.17) is 16.3 Å². The van der Waals surface area contributed by atoms with Gasteiger partial charge in [0.15, 0.2) is 5.82 Å². The summed E-state index contributed by atoms with van der Waals surface area (Å²) in [5.41, 5.74) is 0. The minimum absolute atomic E-state index is 0.376. The Kier molecular flexibility index (Phi) is 6.75. The fourth-order valence-electron chi connectivity index (χ4n) is 1.53. The molecule has 1 atom stereocenters. The molecule has 4 nitrogen and oxygen atoms in total. The number of ether oxygens (including phenoxy) is 1. The Morgan fingerprint density at radius 3 is 2.83 bits per heavy atom. The minimum atomic E-state index is 0.376. The quantitative estimate of drug-likeness (QED) is 0.722. The topological polar surface area (TPSA) is 38.2 Å². The summed E-state index contributed by atoms with van der Waals surface area (Å²) < 4.78 is 5.04. The van der Waals surface area contributed by atoms with Crippen molar-refractivity contribution in [3.63, 3.8) is 0 Å². The number of anilines is 1. The SMILES string of the molecule is COCc1nc(Cl)cc(N(C)C(C)CCSC)n1. The zero-order valence-electron chi connectivity index (χ0n) is 11.3. The summed E-state index contributed by atoms with van der Waals surface area (Å²) in [6.45, 7) is 2.56. The Balaban J connectivity index is 2.80. The summed E-state index contributed by atoms with van der Waals surface area (Å²) in [5.74, 6) is 2.59. The largest absolute Gasteiger partial charge is 0.377 e. The highest BCUT2D eigenvalue weighted by Gasteiger charge is 2.13. The van der Waals surface area contributed by atoms with Crippen LogP contribution in [0.3, 0.4) is 0 Å². The van der Waals surface area contributed by atoms with E-state index >= 15 is 0 Å². The normalized spacial score (nSPS) is 12.5. The van der Waals surface area contributed by atoms with Crippen LogP contribution in [0.4, 0.5) is 5.82 Å². The lowest BCUT2D eigenvalue weighted by atomic mass is 10.2. The van der Waals surface area contributed by atoms with Gasteiger partial charge in [-0.25, -0.2) is 9.97 Å². The van der Waals surface area contributed by atoms with Crippen molar-refractivity contribution in [1.29, 1.82) is 0 Å². The van der Waals surface area contributed by atoms with Gasteiger partial charge < -0.3 is 9.64 Å². The average molecular weight is 290 g/mol. The molecule has 18 heavy (non-hydrogen) atoms. The van der Waals surface area contributed by atoms with E-state index in [-0.39, 0.29) is 0 Å². The Bertz CT molecular complexity index is 378. The minimum Gasteiger partial charge on any atom is -0.377 e. The number of methoxy groups -OCH3 is 1. The van der Waals surface area contributed by atoms with Crippen molar-refractivity contribution >= 4 is 29.2 Å². The molecule has 0 spiro atoms. The first-order chi connectivity index (χ1) is 8.58. The Labute approximate surface area is 118 Å². The molecular formula is C12H20ClN3OS. The Morgan fingerprint density at radius 1 is 1.50 bits per heavy atom. The van der Waals surface area contributed by atoms with E-state index in [0.29, 0.717) is 23.6 Å². The van der Waals surface area contributed by atoms with Gasteiger partial charge in [-0.3, -0.25) is 0 Å². The van der Waals surface area contributed by atoms with Crippen molar-refractivity contribution in [3.8, 4) is 0 Å². The van der Waals surface area contributed by atoms with Crippen molar-refractivity contribution in [2.45, 2.75) is 26.0 Å². The van der Waals surface area contributed by atoms with Gasteiger partial charge in [-0.1, -0.05) is 11.6 Å². The first kappa shape index (κ1) is 15.5. The summed E-state index contributed by atoms with van der Waals surface area (Å²) in [6, 6.07) is 2.20. The summed E-state index contributed by atoms with van der Waals surface area (Å²) in [5, 5.41) is 0.455. The molecule has 1 heterocycles. The van der Waals surface area contributed by atoms with Crippen molar-refractivity contribution in [1.82, 2.24) is 9.97 Å². The third-order valence-corrected chi connectivity index (χ3v) is 3.60. The molecule has 0 aliphatic carbocycles. The number of hydrogen-bond donors (Lipinski definition) is 0. The standard InChI is InChI=1S/C12H20ClN3OS/c1-9(5-6-18-4)16(2)12-7-10(13)14-11(15-12)8-17-3/h7,9H,5-6,8H2,1-4H3. The zero-order chi connectivity index (χ0) is 13.5. The van der Waals surface area contributed by atoms with Gasteiger partial charge in [-0.15, -0.1) is 0 Å². The fraction of sp³-hybridized carbons (Fsp3) is 0.667. The van der Waals surface area contributed by atoms with Gasteiger partial charge in [-0.05, 0) is 25.4 Å². The molecule has 1 aromatic rings. The second kappa shape index (κ2) is 7.81. The number of halogens is 1. The maximum atomic E-state index is 6.00. The molecule has 0 aliphatic heterocycles. The lowest BCUT2D eigenvalue weighted by Gasteiger charge is -2.26. The van der Waals surface area contributed by atoms with Gasteiger partial charge in [-0.2, -0.15) is 11.8 Å². The lowest BCUT2D eigenvalue weighted by Crippen LogP contribution is -2.30. The fourth-order valence-corrected chi connectivity index (χ4v) is 2.31. The highest BCUT2D eigenvalue weighted by atomic mass is 35.5. The third-order valence-electron chi connectivity index (χ3n) is 2.76. The van der Waals surface area contributed by atoms with Crippen LogP contribution in [0.25, 0.3) is 0 Å². The van der Waals surface area contributed by atoms with Gasteiger partial charge in [0.05, 0.1) is 0 Å². The van der Waals surface area contributed by atoms with Crippen LogP contribution in [0, 0.1) is 0 Å². The summed E-state index contributed by atoms with van der Waals surface area (Å²) in [6.07, 6.45) is 3.23. The van der Waals surface area contributed by atoms with Crippen LogP contribution in [-0.2, 0) is 11.3 Å². The second-order valence-electron chi connectivity index (χ2n) is 4.14. The molecule has 102 valence electrons. The van der Waals surface area contributed by atoms with Crippen molar-refractivity contribution in [2.24, 2.45) is 0 Å². The van der Waals surface area contributed by atoms with E-state index in [1.165, 1.54) is 0 Å². The van der Waals surface area contributed by atoms with E-state index in [0.717, 1.165) is 18.0 Å². The summed E-state index contributed by atoms with van der Waals surface area (Å²) in [4.78, 5) is 10.7. The van der Waals surface area contributed by atoms with Gasteiger partial charge >= 0.3 is 0 Å². The van der Waals surface area contributed by atoms with E-state index < -0.39 is 0 Å². The van der Waals surface area contributed by atoms with Crippen LogP contribution in [-0.4, -0.2) is 42.2 Å². The van der Waals surface area contributed by atoms with E-state index in [1.54, 1.807) is 13.2 Å². The molecule has 6 heteroatoms. The number of nitrogens with zero attached hydrogens (tertiary/aromatic N) is 3. The number of thioether (sulfide) groups is 1. The van der Waals surface area contributed by atoms with Crippen molar-refractivity contribution in [2.75, 3.05) is 31.1 Å². The van der Waals surface area contributed by atoms with Crippen LogP contribution in [0.1, 0.15) is 19.2 Å². The first-order valence-electron chi connectivity index (χ1n) is 5.82. The lowest BCUT2D eigenvalue weighted by molar-refractivity contribution is 0.178. The third kappa shape index (κ3) is 4.63. The summed E-state index contributed by atoms with van der Waals surface area (Å²) in [7, 11) is 3.65. The maximum Gasteiger partial charge on any atom is 0.158 e. The van der Waals surface area contributed by atoms with Crippen LogP contribution in [0.2, 0.25) is 5.15 Å². The Morgan fingerprint density at radius 2 is 2.22 bits per heavy atom. The van der Waals surface area contributed by atoms with E-state index in [1.807, 2.05) is 18.8 Å². The van der Waals surface area contributed by atoms with E-state index in [9.17, 15) is 0 Å². The van der Waals surface area contributed by atoms with Crippen LogP contribution < -0.4 is 4.90 Å². The molecule has 0 saturated carbocycles. The van der Waals surface area contributed by atoms with Crippen molar-refractivity contribution in [3.05, 3.63) is 17.0 Å². The highest BCUT2D eigenvalue weighted by Crippen LogP contribution is 2.19. The molecule has 0 N–H and O–H groups in total. The predicted octanol–water partition coefficient (Wildman–Crippen LogP) is 2.85. The van der Waals surface area contributed by atoms with E-state index in [2.05, 4.69) is 28.0 Å². The average Bonchev–Trinajstić information content (AvgIpc) is 2.34. The first-order valence-corrected chi connectivity index (χ1v) is 7.59. The molecule has 0 bridgehead atoms.